The second-order valence-electron chi connectivity index (χ2n) is 9.90. The van der Waals surface area contributed by atoms with Crippen LogP contribution in [0.1, 0.15) is 31.9 Å². The monoisotopic (exact) mass is 455 g/mol. The summed E-state index contributed by atoms with van der Waals surface area (Å²) >= 11 is 0. The molecule has 174 valence electrons. The molecule has 0 radical (unpaired) electrons. The van der Waals surface area contributed by atoms with Crippen molar-refractivity contribution in [2.75, 3.05) is 11.4 Å². The Balaban J connectivity index is 1.48. The number of amides is 2. The standard InChI is InChI=1S/C28H29N3O3/c1-28(2,3)29-27(33)23-16-19-10-4-5-11-20(19)17-30(23)18-26(32)31-21-12-6-8-14-24(21)34-25-15-9-7-13-22(25)31/h4-15,23H,16-18H2,1-3H3,(H,29,33). The maximum absolute atomic E-state index is 13.9. The number of rotatable bonds is 3. The van der Waals surface area contributed by atoms with Gasteiger partial charge in [-0.15, -0.1) is 0 Å². The summed E-state index contributed by atoms with van der Waals surface area (Å²) in [4.78, 5) is 30.9. The number of hydrogen-bond acceptors (Lipinski definition) is 4. The Hall–Kier alpha value is -3.64. The second-order valence-corrected chi connectivity index (χ2v) is 9.90. The van der Waals surface area contributed by atoms with Crippen LogP contribution in [0.3, 0.4) is 0 Å². The molecule has 2 amide bonds. The molecule has 34 heavy (non-hydrogen) atoms. The van der Waals surface area contributed by atoms with Crippen molar-refractivity contribution in [3.8, 4) is 11.5 Å². The molecule has 1 atom stereocenters. The van der Waals surface area contributed by atoms with Gasteiger partial charge < -0.3 is 10.1 Å². The zero-order chi connectivity index (χ0) is 23.9. The molecule has 6 nitrogen and oxygen atoms in total. The summed E-state index contributed by atoms with van der Waals surface area (Å²) < 4.78 is 6.04. The molecule has 0 saturated carbocycles. The fourth-order valence-corrected chi connectivity index (χ4v) is 4.67. The van der Waals surface area contributed by atoms with Crippen LogP contribution in [0.5, 0.6) is 11.5 Å². The van der Waals surface area contributed by atoms with E-state index in [0.717, 1.165) is 11.1 Å². The average molecular weight is 456 g/mol. The van der Waals surface area contributed by atoms with Gasteiger partial charge in [0.1, 0.15) is 0 Å². The van der Waals surface area contributed by atoms with Crippen molar-refractivity contribution in [3.05, 3.63) is 83.9 Å². The molecule has 6 heteroatoms. The molecular formula is C28H29N3O3. The van der Waals surface area contributed by atoms with Crippen LogP contribution < -0.4 is 15.0 Å². The lowest BCUT2D eigenvalue weighted by atomic mass is 9.92. The average Bonchev–Trinajstić information content (AvgIpc) is 2.80. The first-order valence-electron chi connectivity index (χ1n) is 11.6. The lowest BCUT2D eigenvalue weighted by molar-refractivity contribution is -0.130. The number of ether oxygens (including phenoxy) is 1. The summed E-state index contributed by atoms with van der Waals surface area (Å²) in [6, 6.07) is 22.8. The zero-order valence-corrected chi connectivity index (χ0v) is 19.7. The minimum atomic E-state index is -0.426. The van der Waals surface area contributed by atoms with Gasteiger partial charge in [-0.2, -0.15) is 0 Å². The quantitative estimate of drug-likeness (QED) is 0.616. The van der Waals surface area contributed by atoms with E-state index in [1.807, 2.05) is 86.3 Å². The molecule has 3 aromatic carbocycles. The van der Waals surface area contributed by atoms with Gasteiger partial charge >= 0.3 is 0 Å². The molecule has 0 fully saturated rings. The summed E-state index contributed by atoms with van der Waals surface area (Å²) in [6.07, 6.45) is 0.571. The van der Waals surface area contributed by atoms with Gasteiger partial charge in [-0.05, 0) is 62.6 Å². The number of carbonyl (C=O) groups is 2. The lowest BCUT2D eigenvalue weighted by Gasteiger charge is -2.38. The maximum atomic E-state index is 13.9. The first-order valence-corrected chi connectivity index (χ1v) is 11.6. The third kappa shape index (κ3) is 4.29. The molecule has 0 aromatic heterocycles. The SMILES string of the molecule is CC(C)(C)NC(=O)C1Cc2ccccc2CN1CC(=O)N1c2ccccc2Oc2ccccc21. The maximum Gasteiger partial charge on any atom is 0.246 e. The number of fused-ring (bicyclic) bond motifs is 3. The van der Waals surface area contributed by atoms with Gasteiger partial charge in [-0.1, -0.05) is 48.5 Å². The Morgan fingerprint density at radius 3 is 2.06 bits per heavy atom. The van der Waals surface area contributed by atoms with Gasteiger partial charge in [-0.3, -0.25) is 19.4 Å². The van der Waals surface area contributed by atoms with Crippen LogP contribution in [-0.4, -0.2) is 34.8 Å². The summed E-state index contributed by atoms with van der Waals surface area (Å²) in [7, 11) is 0. The molecule has 2 aliphatic heterocycles. The van der Waals surface area contributed by atoms with Crippen molar-refractivity contribution in [1.29, 1.82) is 0 Å². The van der Waals surface area contributed by atoms with Gasteiger partial charge in [0.25, 0.3) is 0 Å². The molecule has 3 aromatic rings. The van der Waals surface area contributed by atoms with Crippen molar-refractivity contribution in [2.45, 2.75) is 45.3 Å². The molecule has 2 heterocycles. The van der Waals surface area contributed by atoms with Crippen molar-refractivity contribution in [2.24, 2.45) is 0 Å². The number of nitrogens with zero attached hydrogens (tertiary/aromatic N) is 2. The Kier molecular flexibility index (Phi) is 5.62. The van der Waals surface area contributed by atoms with Crippen LogP contribution in [0.2, 0.25) is 0 Å². The Morgan fingerprint density at radius 2 is 1.44 bits per heavy atom. The van der Waals surface area contributed by atoms with E-state index in [1.165, 1.54) is 0 Å². The number of para-hydroxylation sites is 4. The van der Waals surface area contributed by atoms with E-state index < -0.39 is 6.04 Å². The summed E-state index contributed by atoms with van der Waals surface area (Å²) in [5.41, 5.74) is 3.37. The van der Waals surface area contributed by atoms with Gasteiger partial charge in [0.2, 0.25) is 11.8 Å². The fourth-order valence-electron chi connectivity index (χ4n) is 4.67. The van der Waals surface area contributed by atoms with E-state index in [9.17, 15) is 9.59 Å². The van der Waals surface area contributed by atoms with Crippen molar-refractivity contribution in [3.63, 3.8) is 0 Å². The van der Waals surface area contributed by atoms with Crippen LogP contribution in [0.15, 0.2) is 72.8 Å². The van der Waals surface area contributed by atoms with Gasteiger partial charge in [0.15, 0.2) is 11.5 Å². The summed E-state index contributed by atoms with van der Waals surface area (Å²) in [5.74, 6) is 1.12. The number of nitrogens with one attached hydrogen (secondary N) is 1. The van der Waals surface area contributed by atoms with E-state index in [4.69, 9.17) is 4.74 Å². The molecular weight excluding hydrogens is 426 g/mol. The van der Waals surface area contributed by atoms with Crippen LogP contribution in [-0.2, 0) is 22.6 Å². The van der Waals surface area contributed by atoms with Crippen molar-refractivity contribution in [1.82, 2.24) is 10.2 Å². The molecule has 2 aliphatic rings. The van der Waals surface area contributed by atoms with E-state index in [-0.39, 0.29) is 23.9 Å². The Morgan fingerprint density at radius 1 is 0.882 bits per heavy atom. The highest BCUT2D eigenvalue weighted by molar-refractivity contribution is 6.05. The Labute approximate surface area is 200 Å². The van der Waals surface area contributed by atoms with Crippen LogP contribution in [0, 0.1) is 0 Å². The molecule has 0 aliphatic carbocycles. The first-order chi connectivity index (χ1) is 16.3. The van der Waals surface area contributed by atoms with Crippen molar-refractivity contribution < 1.29 is 14.3 Å². The summed E-state index contributed by atoms with van der Waals surface area (Å²) in [6.45, 7) is 6.56. The zero-order valence-electron chi connectivity index (χ0n) is 19.7. The largest absolute Gasteiger partial charge is 0.453 e. The highest BCUT2D eigenvalue weighted by Gasteiger charge is 2.36. The molecule has 0 spiro atoms. The van der Waals surface area contributed by atoms with E-state index in [2.05, 4.69) is 17.4 Å². The predicted octanol–water partition coefficient (Wildman–Crippen LogP) is 4.80. The Bertz CT molecular complexity index is 1200. The highest BCUT2D eigenvalue weighted by Crippen LogP contribution is 2.46. The third-order valence-electron chi connectivity index (χ3n) is 6.17. The molecule has 1 unspecified atom stereocenters. The van der Waals surface area contributed by atoms with E-state index in [0.29, 0.717) is 35.8 Å². The normalized spacial score (nSPS) is 17.1. The molecule has 5 rings (SSSR count). The number of hydrogen-bond donors (Lipinski definition) is 1. The van der Waals surface area contributed by atoms with Crippen molar-refractivity contribution >= 4 is 23.2 Å². The molecule has 0 saturated heterocycles. The second kappa shape index (κ2) is 8.61. The lowest BCUT2D eigenvalue weighted by Crippen LogP contribution is -2.56. The van der Waals surface area contributed by atoms with E-state index >= 15 is 0 Å². The number of carbonyl (C=O) groups excluding carboxylic acids is 2. The van der Waals surface area contributed by atoms with Crippen LogP contribution in [0.25, 0.3) is 0 Å². The van der Waals surface area contributed by atoms with Crippen LogP contribution in [0.4, 0.5) is 11.4 Å². The smallest absolute Gasteiger partial charge is 0.246 e. The highest BCUT2D eigenvalue weighted by atomic mass is 16.5. The molecule has 1 N–H and O–H groups in total. The minimum Gasteiger partial charge on any atom is -0.453 e. The van der Waals surface area contributed by atoms with Gasteiger partial charge in [0.05, 0.1) is 24.0 Å². The molecule has 0 bridgehead atoms. The van der Waals surface area contributed by atoms with Crippen LogP contribution >= 0.6 is 0 Å². The fraction of sp³-hybridized carbons (Fsp3) is 0.286. The minimum absolute atomic E-state index is 0.0578. The number of benzene rings is 3. The predicted molar refractivity (Wildman–Crippen MR) is 132 cm³/mol. The summed E-state index contributed by atoms with van der Waals surface area (Å²) in [5, 5.41) is 3.11. The van der Waals surface area contributed by atoms with E-state index in [1.54, 1.807) is 4.90 Å². The third-order valence-corrected chi connectivity index (χ3v) is 6.17. The first kappa shape index (κ1) is 22.2. The van der Waals surface area contributed by atoms with Gasteiger partial charge in [-0.25, -0.2) is 0 Å². The number of anilines is 2. The van der Waals surface area contributed by atoms with Gasteiger partial charge in [0, 0.05) is 12.1 Å². The topological polar surface area (TPSA) is 61.9 Å².